The molecule has 0 fully saturated rings. The van der Waals surface area contributed by atoms with Crippen LogP contribution in [0.2, 0.25) is 0 Å². The zero-order chi connectivity index (χ0) is 43.1. The molecule has 65 heavy (non-hydrogen) atoms. The van der Waals surface area contributed by atoms with E-state index in [2.05, 4.69) is 265 Å². The predicted molar refractivity (Wildman–Crippen MR) is 274 cm³/mol. The van der Waals surface area contributed by atoms with E-state index in [9.17, 15) is 0 Å². The van der Waals surface area contributed by atoms with Gasteiger partial charge in [-0.15, -0.1) is 0 Å². The molecule has 11 aromatic carbocycles. The minimum atomic E-state index is 0.813. The van der Waals surface area contributed by atoms with Crippen LogP contribution in [-0.4, -0.2) is 0 Å². The summed E-state index contributed by atoms with van der Waals surface area (Å²) in [5, 5.41) is 6.79. The molecule has 306 valence electrons. The first-order chi connectivity index (χ1) is 32.2. The lowest BCUT2D eigenvalue weighted by atomic mass is 9.97. The van der Waals surface area contributed by atoms with E-state index in [1.54, 1.807) is 0 Å². The minimum absolute atomic E-state index is 0.813. The quantitative estimate of drug-likeness (QED) is 0.144. The number of hydrogen-bond acceptors (Lipinski definition) is 3. The second-order valence-corrected chi connectivity index (χ2v) is 16.5. The van der Waals surface area contributed by atoms with Gasteiger partial charge in [0.05, 0.1) is 28.1 Å². The molecule has 0 unspecified atom stereocenters. The number of rotatable bonds is 9. The number of furan rings is 1. The fraction of sp³-hybridized carbons (Fsp3) is 0. The number of fused-ring (bicyclic) bond motifs is 5. The maximum Gasteiger partial charge on any atom is 0.137 e. The van der Waals surface area contributed by atoms with Crippen molar-refractivity contribution in [1.29, 1.82) is 0 Å². The van der Waals surface area contributed by atoms with E-state index in [4.69, 9.17) is 4.42 Å². The van der Waals surface area contributed by atoms with Crippen molar-refractivity contribution in [3.63, 3.8) is 0 Å². The van der Waals surface area contributed by atoms with E-state index < -0.39 is 0 Å². The SMILES string of the molecule is c1ccc(-c2ccc(N(c3ccccc3-c3ccccc3)c3c(N(c4ccccc4)c4ccccc4-c4ccc5ccccc5c4)ccc4oc5cc6ccccc6cc5c34)cc2)cc1. The Balaban J connectivity index is 1.21. The van der Waals surface area contributed by atoms with Gasteiger partial charge in [0.25, 0.3) is 0 Å². The lowest BCUT2D eigenvalue weighted by Crippen LogP contribution is -2.18. The zero-order valence-corrected chi connectivity index (χ0v) is 35.6. The van der Waals surface area contributed by atoms with Crippen molar-refractivity contribution in [2.75, 3.05) is 9.80 Å². The lowest BCUT2D eigenvalue weighted by molar-refractivity contribution is 0.669. The largest absolute Gasteiger partial charge is 0.456 e. The van der Waals surface area contributed by atoms with Crippen molar-refractivity contribution in [2.45, 2.75) is 0 Å². The summed E-state index contributed by atoms with van der Waals surface area (Å²) in [6.07, 6.45) is 0. The minimum Gasteiger partial charge on any atom is -0.456 e. The first-order valence-corrected chi connectivity index (χ1v) is 22.2. The Morgan fingerprint density at radius 3 is 1.46 bits per heavy atom. The zero-order valence-electron chi connectivity index (χ0n) is 35.6. The fourth-order valence-corrected chi connectivity index (χ4v) is 9.54. The number of nitrogens with zero attached hydrogens (tertiary/aromatic N) is 2. The van der Waals surface area contributed by atoms with Gasteiger partial charge in [0, 0.05) is 27.9 Å². The summed E-state index contributed by atoms with van der Waals surface area (Å²) in [6, 6.07) is 91.5. The van der Waals surface area contributed by atoms with Crippen molar-refractivity contribution >= 4 is 77.6 Å². The van der Waals surface area contributed by atoms with E-state index in [0.717, 1.165) is 94.7 Å². The van der Waals surface area contributed by atoms with E-state index in [1.165, 1.54) is 16.3 Å². The monoisotopic (exact) mass is 830 g/mol. The van der Waals surface area contributed by atoms with Gasteiger partial charge < -0.3 is 14.2 Å². The van der Waals surface area contributed by atoms with Gasteiger partial charge in [0.1, 0.15) is 11.2 Å². The summed E-state index contributed by atoms with van der Waals surface area (Å²) in [5.74, 6) is 0. The first-order valence-electron chi connectivity index (χ1n) is 22.2. The molecule has 0 atom stereocenters. The van der Waals surface area contributed by atoms with Gasteiger partial charge in [0.15, 0.2) is 0 Å². The fourth-order valence-electron chi connectivity index (χ4n) is 9.54. The Morgan fingerprint density at radius 2 is 0.769 bits per heavy atom. The molecule has 0 saturated carbocycles. The molecule has 0 aliphatic carbocycles. The van der Waals surface area contributed by atoms with Crippen molar-refractivity contribution in [2.24, 2.45) is 0 Å². The average molecular weight is 831 g/mol. The van der Waals surface area contributed by atoms with Gasteiger partial charge in [-0.1, -0.05) is 188 Å². The van der Waals surface area contributed by atoms with Crippen molar-refractivity contribution in [3.05, 3.63) is 255 Å². The van der Waals surface area contributed by atoms with Crippen LogP contribution in [0.5, 0.6) is 0 Å². The predicted octanol–water partition coefficient (Wildman–Crippen LogP) is 17.8. The third-order valence-corrected chi connectivity index (χ3v) is 12.6. The second-order valence-electron chi connectivity index (χ2n) is 16.5. The number of hydrogen-bond donors (Lipinski definition) is 0. The summed E-state index contributed by atoms with van der Waals surface area (Å²) < 4.78 is 6.95. The van der Waals surface area contributed by atoms with Gasteiger partial charge >= 0.3 is 0 Å². The Bertz CT molecular complexity index is 3650. The molecular formula is C62H42N2O. The van der Waals surface area contributed by atoms with Crippen LogP contribution in [0.3, 0.4) is 0 Å². The summed E-state index contributed by atoms with van der Waals surface area (Å²) >= 11 is 0. The van der Waals surface area contributed by atoms with Crippen molar-refractivity contribution in [3.8, 4) is 33.4 Å². The summed E-state index contributed by atoms with van der Waals surface area (Å²) in [4.78, 5) is 4.91. The molecule has 12 aromatic rings. The molecule has 3 heteroatoms. The topological polar surface area (TPSA) is 19.6 Å². The van der Waals surface area contributed by atoms with E-state index in [-0.39, 0.29) is 0 Å². The molecule has 0 spiro atoms. The number of para-hydroxylation sites is 3. The maximum absolute atomic E-state index is 6.95. The van der Waals surface area contributed by atoms with Crippen LogP contribution in [0, 0.1) is 0 Å². The van der Waals surface area contributed by atoms with Gasteiger partial charge in [-0.2, -0.15) is 0 Å². The molecule has 1 heterocycles. The van der Waals surface area contributed by atoms with E-state index >= 15 is 0 Å². The molecule has 0 N–H and O–H groups in total. The normalized spacial score (nSPS) is 11.4. The van der Waals surface area contributed by atoms with Gasteiger partial charge in [-0.25, -0.2) is 0 Å². The smallest absolute Gasteiger partial charge is 0.137 e. The highest BCUT2D eigenvalue weighted by Gasteiger charge is 2.29. The van der Waals surface area contributed by atoms with Crippen LogP contribution in [0.4, 0.5) is 34.1 Å². The highest BCUT2D eigenvalue weighted by molar-refractivity contribution is 6.20. The Kier molecular flexibility index (Phi) is 9.50. The molecule has 1 aromatic heterocycles. The highest BCUT2D eigenvalue weighted by atomic mass is 16.3. The molecule has 0 bridgehead atoms. The highest BCUT2D eigenvalue weighted by Crippen LogP contribution is 2.54. The van der Waals surface area contributed by atoms with Crippen LogP contribution >= 0.6 is 0 Å². The standard InChI is InChI=1S/C62H42N2O/c1-4-18-43(19-5-1)45-34-36-52(37-35-45)64(57-31-17-14-28-53(57)46-21-6-2-7-22-46)62-58(38-39-59-61(62)55-41-48-24-12-13-25-49(48)42-60(55)65-59)63(51-26-8-3-9-27-51)56-30-16-15-29-54(56)50-33-32-44-20-10-11-23-47(44)40-50/h1-42H. The van der Waals surface area contributed by atoms with Crippen LogP contribution in [-0.2, 0) is 0 Å². The second kappa shape index (κ2) is 16.2. The summed E-state index contributed by atoms with van der Waals surface area (Å²) in [5.41, 5.74) is 14.7. The Morgan fingerprint density at radius 1 is 0.277 bits per heavy atom. The van der Waals surface area contributed by atoms with Crippen LogP contribution in [0.15, 0.2) is 259 Å². The molecule has 12 rings (SSSR count). The van der Waals surface area contributed by atoms with Crippen LogP contribution in [0.25, 0.3) is 76.9 Å². The van der Waals surface area contributed by atoms with Crippen molar-refractivity contribution < 1.29 is 4.42 Å². The molecule has 0 aliphatic rings. The van der Waals surface area contributed by atoms with Gasteiger partial charge in [-0.3, -0.25) is 0 Å². The Labute approximate surface area is 378 Å². The number of anilines is 6. The van der Waals surface area contributed by atoms with Crippen LogP contribution < -0.4 is 9.80 Å². The molecular weight excluding hydrogens is 789 g/mol. The molecule has 0 radical (unpaired) electrons. The first kappa shape index (κ1) is 38.0. The van der Waals surface area contributed by atoms with Crippen molar-refractivity contribution in [1.82, 2.24) is 0 Å². The van der Waals surface area contributed by atoms with E-state index in [0.29, 0.717) is 0 Å². The third-order valence-electron chi connectivity index (χ3n) is 12.6. The molecule has 3 nitrogen and oxygen atoms in total. The van der Waals surface area contributed by atoms with E-state index in [1.807, 2.05) is 0 Å². The lowest BCUT2D eigenvalue weighted by Gasteiger charge is -2.35. The van der Waals surface area contributed by atoms with Gasteiger partial charge in [0.2, 0.25) is 0 Å². The summed E-state index contributed by atoms with van der Waals surface area (Å²) in [7, 11) is 0. The third kappa shape index (κ3) is 6.87. The average Bonchev–Trinajstić information content (AvgIpc) is 3.75. The molecule has 0 saturated heterocycles. The summed E-state index contributed by atoms with van der Waals surface area (Å²) in [6.45, 7) is 0. The molecule has 0 aliphatic heterocycles. The van der Waals surface area contributed by atoms with Gasteiger partial charge in [-0.05, 0) is 111 Å². The molecule has 0 amide bonds. The maximum atomic E-state index is 6.95. The van der Waals surface area contributed by atoms with Crippen LogP contribution in [0.1, 0.15) is 0 Å². The Hall–Kier alpha value is -8.66. The number of benzene rings is 11.